The van der Waals surface area contributed by atoms with E-state index in [9.17, 15) is 4.39 Å². The number of rotatable bonds is 1. The van der Waals surface area contributed by atoms with Crippen molar-refractivity contribution in [2.24, 2.45) is 0 Å². The molecular formula is C8H7FN2. The molecule has 2 nitrogen and oxygen atoms in total. The molecule has 11 heavy (non-hydrogen) atoms. The Morgan fingerprint density at radius 3 is 2.91 bits per heavy atom. The van der Waals surface area contributed by atoms with Crippen LogP contribution in [0.3, 0.4) is 0 Å². The van der Waals surface area contributed by atoms with Crippen LogP contribution in [-0.2, 0) is 6.42 Å². The predicted octanol–water partition coefficient (Wildman–Crippen LogP) is 1.65. The lowest BCUT2D eigenvalue weighted by molar-refractivity contribution is 0.601. The molecule has 0 fully saturated rings. The van der Waals surface area contributed by atoms with Gasteiger partial charge in [0.05, 0.1) is 5.69 Å². The number of aromatic nitrogens is 1. The van der Waals surface area contributed by atoms with Gasteiger partial charge < -0.3 is 0 Å². The Bertz CT molecular complexity index is 301. The van der Waals surface area contributed by atoms with Crippen LogP contribution in [0, 0.1) is 17.1 Å². The van der Waals surface area contributed by atoms with Crippen LogP contribution in [0.25, 0.3) is 0 Å². The Morgan fingerprint density at radius 2 is 2.36 bits per heavy atom. The molecule has 1 rings (SSSR count). The summed E-state index contributed by atoms with van der Waals surface area (Å²) in [6.45, 7) is 1.80. The zero-order valence-corrected chi connectivity index (χ0v) is 6.13. The van der Waals surface area contributed by atoms with Crippen LogP contribution < -0.4 is 0 Å². The summed E-state index contributed by atoms with van der Waals surface area (Å²) in [4.78, 5) is 3.77. The Morgan fingerprint density at radius 1 is 1.64 bits per heavy atom. The monoisotopic (exact) mass is 150 g/mol. The van der Waals surface area contributed by atoms with E-state index in [0.29, 0.717) is 12.1 Å². The summed E-state index contributed by atoms with van der Waals surface area (Å²) >= 11 is 0. The molecule has 1 aromatic heterocycles. The molecule has 1 heterocycles. The van der Waals surface area contributed by atoms with Gasteiger partial charge in [0.2, 0.25) is 0 Å². The Labute approximate surface area is 64.3 Å². The van der Waals surface area contributed by atoms with Crippen molar-refractivity contribution in [2.75, 3.05) is 0 Å². The fourth-order valence-electron chi connectivity index (χ4n) is 0.795. The highest BCUT2D eigenvalue weighted by Crippen LogP contribution is 2.05. The zero-order chi connectivity index (χ0) is 8.27. The maximum Gasteiger partial charge on any atom is 0.144 e. The van der Waals surface area contributed by atoms with Gasteiger partial charge in [-0.05, 0) is 18.6 Å². The van der Waals surface area contributed by atoms with Gasteiger partial charge in [-0.15, -0.1) is 0 Å². The third kappa shape index (κ3) is 1.53. The van der Waals surface area contributed by atoms with Gasteiger partial charge in [-0.3, -0.25) is 0 Å². The predicted molar refractivity (Wildman–Crippen MR) is 38.3 cm³/mol. The highest BCUT2D eigenvalue weighted by molar-refractivity contribution is 5.23. The van der Waals surface area contributed by atoms with E-state index in [1.165, 1.54) is 12.1 Å². The van der Waals surface area contributed by atoms with Gasteiger partial charge in [0, 0.05) is 0 Å². The Balaban J connectivity index is 3.15. The first-order valence-electron chi connectivity index (χ1n) is 3.33. The van der Waals surface area contributed by atoms with Crippen molar-refractivity contribution in [1.29, 1.82) is 5.26 Å². The molecule has 0 radical (unpaired) electrons. The van der Waals surface area contributed by atoms with Crippen molar-refractivity contribution in [2.45, 2.75) is 13.3 Å². The molecule has 1 aromatic rings. The molecule has 0 aliphatic heterocycles. The second kappa shape index (κ2) is 3.11. The average molecular weight is 150 g/mol. The fourth-order valence-corrected chi connectivity index (χ4v) is 0.795. The minimum atomic E-state index is -0.341. The van der Waals surface area contributed by atoms with Crippen LogP contribution in [0.5, 0.6) is 0 Å². The van der Waals surface area contributed by atoms with E-state index in [-0.39, 0.29) is 11.5 Å². The molecule has 56 valence electrons. The maximum atomic E-state index is 12.7. The number of nitrogens with zero attached hydrogens (tertiary/aromatic N) is 2. The molecule has 0 atom stereocenters. The summed E-state index contributed by atoms with van der Waals surface area (Å²) < 4.78 is 12.7. The second-order valence-electron chi connectivity index (χ2n) is 2.09. The van der Waals surface area contributed by atoms with Gasteiger partial charge in [0.15, 0.2) is 0 Å². The van der Waals surface area contributed by atoms with E-state index >= 15 is 0 Å². The number of aryl methyl sites for hydroxylation is 1. The lowest BCUT2D eigenvalue weighted by Gasteiger charge is -1.96. The zero-order valence-electron chi connectivity index (χ0n) is 6.13. The normalized spacial score (nSPS) is 9.18. The summed E-state index contributed by atoms with van der Waals surface area (Å²) in [6, 6.07) is 4.49. The number of hydrogen-bond donors (Lipinski definition) is 0. The van der Waals surface area contributed by atoms with Crippen LogP contribution in [-0.4, -0.2) is 4.98 Å². The van der Waals surface area contributed by atoms with Crippen molar-refractivity contribution >= 4 is 0 Å². The van der Waals surface area contributed by atoms with Crippen LogP contribution in [0.2, 0.25) is 0 Å². The van der Waals surface area contributed by atoms with Gasteiger partial charge in [0.25, 0.3) is 0 Å². The third-order valence-electron chi connectivity index (χ3n) is 1.37. The highest BCUT2D eigenvalue weighted by atomic mass is 19.1. The topological polar surface area (TPSA) is 36.7 Å². The molecule has 0 spiro atoms. The Kier molecular flexibility index (Phi) is 2.17. The molecule has 0 N–H and O–H groups in total. The molecule has 0 saturated carbocycles. The molecular weight excluding hydrogens is 143 g/mol. The largest absolute Gasteiger partial charge is 0.239 e. The van der Waals surface area contributed by atoms with Crippen molar-refractivity contribution in [3.8, 4) is 6.07 Å². The van der Waals surface area contributed by atoms with E-state index in [0.717, 1.165) is 0 Å². The average Bonchev–Trinajstić information content (AvgIpc) is 2.05. The molecule has 0 saturated heterocycles. The first kappa shape index (κ1) is 7.67. The summed E-state index contributed by atoms with van der Waals surface area (Å²) in [7, 11) is 0. The lowest BCUT2D eigenvalue weighted by atomic mass is 10.2. The minimum absolute atomic E-state index is 0.267. The third-order valence-corrected chi connectivity index (χ3v) is 1.37. The first-order chi connectivity index (χ1) is 5.27. The summed E-state index contributed by atoms with van der Waals surface area (Å²) in [6.07, 6.45) is 0.515. The standard InChI is InChI=1S/C8H7FN2/c1-2-8-7(9)4-3-6(5-10)11-8/h3-4H,2H2,1H3. The number of halogens is 1. The lowest BCUT2D eigenvalue weighted by Crippen LogP contribution is -1.94. The van der Waals surface area contributed by atoms with E-state index in [2.05, 4.69) is 4.98 Å². The van der Waals surface area contributed by atoms with Crippen molar-refractivity contribution in [3.05, 3.63) is 29.3 Å². The minimum Gasteiger partial charge on any atom is -0.239 e. The van der Waals surface area contributed by atoms with Crippen LogP contribution in [0.4, 0.5) is 4.39 Å². The van der Waals surface area contributed by atoms with E-state index in [1.54, 1.807) is 6.92 Å². The molecule has 0 aromatic carbocycles. The molecule has 0 aliphatic carbocycles. The first-order valence-corrected chi connectivity index (χ1v) is 3.33. The van der Waals surface area contributed by atoms with Gasteiger partial charge in [0.1, 0.15) is 17.6 Å². The van der Waals surface area contributed by atoms with E-state index < -0.39 is 0 Å². The van der Waals surface area contributed by atoms with Crippen LogP contribution >= 0.6 is 0 Å². The second-order valence-corrected chi connectivity index (χ2v) is 2.09. The van der Waals surface area contributed by atoms with Crippen LogP contribution in [0.1, 0.15) is 18.3 Å². The van der Waals surface area contributed by atoms with Crippen molar-refractivity contribution < 1.29 is 4.39 Å². The quantitative estimate of drug-likeness (QED) is 0.610. The van der Waals surface area contributed by atoms with Gasteiger partial charge in [-0.1, -0.05) is 6.92 Å². The summed E-state index contributed by atoms with van der Waals surface area (Å²) in [5.41, 5.74) is 0.618. The van der Waals surface area contributed by atoms with Gasteiger partial charge >= 0.3 is 0 Å². The summed E-state index contributed by atoms with van der Waals surface area (Å²) in [5, 5.41) is 8.41. The van der Waals surface area contributed by atoms with E-state index in [4.69, 9.17) is 5.26 Å². The fraction of sp³-hybridized carbons (Fsp3) is 0.250. The summed E-state index contributed by atoms with van der Waals surface area (Å²) in [5.74, 6) is -0.341. The molecule has 0 amide bonds. The maximum absolute atomic E-state index is 12.7. The van der Waals surface area contributed by atoms with Gasteiger partial charge in [-0.2, -0.15) is 5.26 Å². The van der Waals surface area contributed by atoms with E-state index in [1.807, 2.05) is 6.07 Å². The van der Waals surface area contributed by atoms with Crippen molar-refractivity contribution in [3.63, 3.8) is 0 Å². The molecule has 0 bridgehead atoms. The Hall–Kier alpha value is -1.43. The smallest absolute Gasteiger partial charge is 0.144 e. The SMILES string of the molecule is CCc1nc(C#N)ccc1F. The van der Waals surface area contributed by atoms with Gasteiger partial charge in [-0.25, -0.2) is 9.37 Å². The number of nitriles is 1. The molecule has 3 heteroatoms. The number of pyridine rings is 1. The molecule has 0 aliphatic rings. The number of hydrogen-bond acceptors (Lipinski definition) is 2. The van der Waals surface area contributed by atoms with Crippen LogP contribution in [0.15, 0.2) is 12.1 Å². The molecule has 0 unspecified atom stereocenters. The highest BCUT2D eigenvalue weighted by Gasteiger charge is 2.01. The van der Waals surface area contributed by atoms with Crippen molar-refractivity contribution in [1.82, 2.24) is 4.98 Å².